The minimum absolute atomic E-state index is 0.0793. The molecule has 2 bridgehead atoms. The third-order valence-corrected chi connectivity index (χ3v) is 4.85. The van der Waals surface area contributed by atoms with Crippen LogP contribution in [0.25, 0.3) is 0 Å². The molecule has 1 unspecified atom stereocenters. The molecule has 5 heteroatoms. The second-order valence-electron chi connectivity index (χ2n) is 7.74. The lowest BCUT2D eigenvalue weighted by atomic mass is 10.0. The Kier molecular flexibility index (Phi) is 6.70. The molecule has 0 aromatic heterocycles. The molecule has 2 amide bonds. The van der Waals surface area contributed by atoms with Crippen molar-refractivity contribution in [2.24, 2.45) is 5.92 Å². The standard InChI is InChI=1S/C24H28N2O3/c1-17(2)15-26-22(20-7-5-4-6-8-20)23(27)25-14-13-19-9-11-21(12-10-19)29-16-18(3)24(26)28/h4-12,17,22H,3,13-16H2,1-2H3,(H,25,27). The number of fused-ring (bicyclic) bond motifs is 11. The fraction of sp³-hybridized carbons (Fsp3) is 0.333. The first kappa shape index (κ1) is 20.6. The smallest absolute Gasteiger partial charge is 0.253 e. The first-order valence-corrected chi connectivity index (χ1v) is 9.99. The van der Waals surface area contributed by atoms with Gasteiger partial charge in [-0.1, -0.05) is 62.9 Å². The summed E-state index contributed by atoms with van der Waals surface area (Å²) in [5.41, 5.74) is 2.21. The van der Waals surface area contributed by atoms with Gasteiger partial charge in [-0.05, 0) is 35.6 Å². The van der Waals surface area contributed by atoms with Gasteiger partial charge in [0.15, 0.2) is 0 Å². The molecule has 0 spiro atoms. The summed E-state index contributed by atoms with van der Waals surface area (Å²) in [7, 11) is 0. The summed E-state index contributed by atoms with van der Waals surface area (Å²) < 4.78 is 5.76. The van der Waals surface area contributed by atoms with Crippen LogP contribution in [0.3, 0.4) is 0 Å². The first-order chi connectivity index (χ1) is 14.0. The van der Waals surface area contributed by atoms with E-state index in [1.165, 1.54) is 0 Å². The van der Waals surface area contributed by atoms with E-state index in [0.29, 0.717) is 30.8 Å². The maximum absolute atomic E-state index is 13.3. The van der Waals surface area contributed by atoms with E-state index >= 15 is 0 Å². The van der Waals surface area contributed by atoms with E-state index in [-0.39, 0.29) is 24.3 Å². The molecule has 5 nitrogen and oxygen atoms in total. The summed E-state index contributed by atoms with van der Waals surface area (Å²) in [5.74, 6) is 0.431. The van der Waals surface area contributed by atoms with Gasteiger partial charge in [-0.3, -0.25) is 9.59 Å². The number of carbonyl (C=O) groups excluding carboxylic acids is 2. The van der Waals surface area contributed by atoms with Crippen LogP contribution in [0, 0.1) is 5.92 Å². The summed E-state index contributed by atoms with van der Waals surface area (Å²) in [6.07, 6.45) is 0.707. The van der Waals surface area contributed by atoms with E-state index in [9.17, 15) is 9.59 Å². The zero-order valence-corrected chi connectivity index (χ0v) is 17.1. The van der Waals surface area contributed by atoms with Gasteiger partial charge < -0.3 is 15.0 Å². The molecule has 152 valence electrons. The van der Waals surface area contributed by atoms with Crippen LogP contribution in [0.5, 0.6) is 5.75 Å². The summed E-state index contributed by atoms with van der Waals surface area (Å²) in [5, 5.41) is 3.02. The third kappa shape index (κ3) is 5.25. The largest absolute Gasteiger partial charge is 0.489 e. The Labute approximate surface area is 172 Å². The lowest BCUT2D eigenvalue weighted by Crippen LogP contribution is -2.46. The van der Waals surface area contributed by atoms with Gasteiger partial charge >= 0.3 is 0 Å². The predicted octanol–water partition coefficient (Wildman–Crippen LogP) is 3.52. The quantitative estimate of drug-likeness (QED) is 0.813. The van der Waals surface area contributed by atoms with Crippen molar-refractivity contribution in [2.75, 3.05) is 19.7 Å². The average Bonchev–Trinajstić information content (AvgIpc) is 2.72. The van der Waals surface area contributed by atoms with Crippen LogP contribution in [0.1, 0.15) is 31.0 Å². The van der Waals surface area contributed by atoms with Crippen LogP contribution in [0.4, 0.5) is 0 Å². The van der Waals surface area contributed by atoms with Crippen molar-refractivity contribution < 1.29 is 14.3 Å². The highest BCUT2D eigenvalue weighted by molar-refractivity contribution is 5.97. The Morgan fingerprint density at radius 3 is 2.45 bits per heavy atom. The molecule has 29 heavy (non-hydrogen) atoms. The topological polar surface area (TPSA) is 58.6 Å². The molecule has 0 saturated heterocycles. The summed E-state index contributed by atoms with van der Waals surface area (Å²) >= 11 is 0. The minimum atomic E-state index is -0.716. The number of hydrogen-bond acceptors (Lipinski definition) is 3. The van der Waals surface area contributed by atoms with Crippen LogP contribution < -0.4 is 10.1 Å². The average molecular weight is 392 g/mol. The van der Waals surface area contributed by atoms with Crippen molar-refractivity contribution in [1.82, 2.24) is 10.2 Å². The van der Waals surface area contributed by atoms with Gasteiger partial charge in [-0.2, -0.15) is 0 Å². The second kappa shape index (κ2) is 9.41. The molecular weight excluding hydrogens is 364 g/mol. The molecule has 0 aliphatic carbocycles. The van der Waals surface area contributed by atoms with Crippen molar-refractivity contribution in [3.05, 3.63) is 77.9 Å². The Morgan fingerprint density at radius 2 is 1.79 bits per heavy atom. The third-order valence-electron chi connectivity index (χ3n) is 4.85. The minimum Gasteiger partial charge on any atom is -0.489 e. The summed E-state index contributed by atoms with van der Waals surface area (Å²) in [6, 6.07) is 16.4. The first-order valence-electron chi connectivity index (χ1n) is 9.99. The number of carbonyl (C=O) groups is 2. The molecule has 2 aromatic rings. The molecule has 2 aromatic carbocycles. The molecular formula is C24H28N2O3. The van der Waals surface area contributed by atoms with E-state index in [2.05, 4.69) is 11.9 Å². The number of benzene rings is 2. The van der Waals surface area contributed by atoms with Crippen molar-refractivity contribution in [1.29, 1.82) is 0 Å². The fourth-order valence-corrected chi connectivity index (χ4v) is 3.42. The van der Waals surface area contributed by atoms with E-state index in [0.717, 1.165) is 11.1 Å². The van der Waals surface area contributed by atoms with Gasteiger partial charge in [0.25, 0.3) is 5.91 Å². The molecule has 2 aliphatic rings. The van der Waals surface area contributed by atoms with E-state index < -0.39 is 6.04 Å². The van der Waals surface area contributed by atoms with E-state index in [1.54, 1.807) is 4.90 Å². The Hall–Kier alpha value is -3.08. The summed E-state index contributed by atoms with van der Waals surface area (Å²) in [6.45, 7) is 9.01. The van der Waals surface area contributed by atoms with Crippen LogP contribution in [-0.2, 0) is 16.0 Å². The zero-order chi connectivity index (χ0) is 20.8. The molecule has 1 atom stereocenters. The number of rotatable bonds is 3. The highest BCUT2D eigenvalue weighted by Gasteiger charge is 2.32. The van der Waals surface area contributed by atoms with Crippen molar-refractivity contribution >= 4 is 11.8 Å². The Bertz CT molecular complexity index is 859. The summed E-state index contributed by atoms with van der Waals surface area (Å²) in [4.78, 5) is 28.1. The second-order valence-corrected chi connectivity index (χ2v) is 7.74. The van der Waals surface area contributed by atoms with Gasteiger partial charge in [0.05, 0.1) is 0 Å². The maximum atomic E-state index is 13.3. The molecule has 2 aliphatic heterocycles. The van der Waals surface area contributed by atoms with Crippen molar-refractivity contribution in [2.45, 2.75) is 26.3 Å². The number of nitrogens with one attached hydrogen (secondary N) is 1. The fourth-order valence-electron chi connectivity index (χ4n) is 3.42. The van der Waals surface area contributed by atoms with Gasteiger partial charge in [-0.15, -0.1) is 0 Å². The molecule has 1 N–H and O–H groups in total. The molecule has 0 fully saturated rings. The molecule has 2 heterocycles. The maximum Gasteiger partial charge on any atom is 0.253 e. The highest BCUT2D eigenvalue weighted by Crippen LogP contribution is 2.25. The van der Waals surface area contributed by atoms with Crippen LogP contribution in [0.15, 0.2) is 66.7 Å². The van der Waals surface area contributed by atoms with Crippen LogP contribution in [0.2, 0.25) is 0 Å². The zero-order valence-electron chi connectivity index (χ0n) is 17.1. The lowest BCUT2D eigenvalue weighted by molar-refractivity contribution is -0.139. The van der Waals surface area contributed by atoms with Crippen molar-refractivity contribution in [3.8, 4) is 5.75 Å². The molecule has 4 rings (SSSR count). The molecule has 0 radical (unpaired) electrons. The number of hydrogen-bond donors (Lipinski definition) is 1. The van der Waals surface area contributed by atoms with Crippen LogP contribution >= 0.6 is 0 Å². The lowest BCUT2D eigenvalue weighted by Gasteiger charge is -2.33. The SMILES string of the molecule is C=C1COc2ccc(cc2)CCNC(=O)C(c2ccccc2)N(CC(C)C)C1=O. The van der Waals surface area contributed by atoms with Crippen molar-refractivity contribution in [3.63, 3.8) is 0 Å². The van der Waals surface area contributed by atoms with Gasteiger partial charge in [0, 0.05) is 18.7 Å². The van der Waals surface area contributed by atoms with E-state index in [1.807, 2.05) is 68.4 Å². The number of nitrogens with zero attached hydrogens (tertiary/aromatic N) is 1. The molecule has 0 saturated carbocycles. The van der Waals surface area contributed by atoms with Gasteiger partial charge in [0.2, 0.25) is 5.91 Å². The Morgan fingerprint density at radius 1 is 1.10 bits per heavy atom. The van der Waals surface area contributed by atoms with Crippen LogP contribution in [-0.4, -0.2) is 36.4 Å². The van der Waals surface area contributed by atoms with Gasteiger partial charge in [-0.25, -0.2) is 0 Å². The van der Waals surface area contributed by atoms with E-state index in [4.69, 9.17) is 4.74 Å². The Balaban J connectivity index is 1.99. The number of amides is 2. The highest BCUT2D eigenvalue weighted by atomic mass is 16.5. The van der Waals surface area contributed by atoms with Gasteiger partial charge in [0.1, 0.15) is 18.4 Å². The normalized spacial score (nSPS) is 18.4. The monoisotopic (exact) mass is 392 g/mol. The number of ether oxygens (including phenoxy) is 1. The predicted molar refractivity (Wildman–Crippen MR) is 114 cm³/mol.